The second-order valence-electron chi connectivity index (χ2n) is 15.8. The molecule has 0 saturated carbocycles. The Kier molecular flexibility index (Phi) is 6.32. The number of nitrogens with zero attached hydrogens (tertiary/aromatic N) is 8. The Morgan fingerprint density at radius 2 is 0.917 bits per heavy atom. The Bertz CT molecular complexity index is 4170. The molecule has 0 N–H and O–H groups in total. The van der Waals surface area contributed by atoms with E-state index < -0.39 is 0 Å². The molecule has 8 nitrogen and oxygen atoms in total. The maximum atomic E-state index is 5.36. The number of hydrogen-bond donors (Lipinski definition) is 0. The zero-order valence-electron chi connectivity index (χ0n) is 32.1. The molecule has 6 aromatic heterocycles. The first-order valence-corrected chi connectivity index (χ1v) is 21.1. The Hall–Kier alpha value is -7.37. The van der Waals surface area contributed by atoms with Gasteiger partial charge in [0.1, 0.15) is 0 Å². The summed E-state index contributed by atoms with van der Waals surface area (Å²) in [5, 5.41) is 4.95. The number of imidazole rings is 4. The molecule has 0 spiro atoms. The van der Waals surface area contributed by atoms with Crippen LogP contribution in [-0.4, -0.2) is 35.3 Å². The van der Waals surface area contributed by atoms with Crippen LogP contribution in [0.3, 0.4) is 0 Å². The quantitative estimate of drug-likeness (QED) is 0.166. The average molecular weight is 883 g/mol. The highest BCUT2D eigenvalue weighted by atomic mass is 127. The standard InChI is InChI=1S/C51H31IN8/c1-55-40-19-5-2-16-34(40)36-26-47-39(28-45(36)55)54-51-56(43-22-8-9-23-44(43)59(47)51)32-14-10-12-30(24-32)31-13-11-15-33(25-31)57-48-27-37-35-17-3-6-20-41(35)60(52)46(37)29-49(48)58-42-21-7-4-18-38(42)53-50(57)58/h2-29H,1H3. The SMILES string of the molecule is Cn1c2ccccc2c2cc3c(cc21)nc1n(-c2cccc(-c4cccc(-n5c6cc7c8ccccc8n(I)c7cc6n6c7ccccc7nc56)c4)c2)c2ccccc2n31. The van der Waals surface area contributed by atoms with Crippen LogP contribution < -0.4 is 0 Å². The van der Waals surface area contributed by atoms with Gasteiger partial charge in [-0.2, -0.15) is 0 Å². The largest absolute Gasteiger partial charge is 0.344 e. The molecular weight excluding hydrogens is 852 g/mol. The summed E-state index contributed by atoms with van der Waals surface area (Å²) in [4.78, 5) is 10.6. The van der Waals surface area contributed by atoms with E-state index in [0.29, 0.717) is 0 Å². The smallest absolute Gasteiger partial charge is 0.220 e. The van der Waals surface area contributed by atoms with Crippen LogP contribution in [-0.2, 0) is 7.05 Å². The number of benzene rings is 8. The van der Waals surface area contributed by atoms with E-state index in [-0.39, 0.29) is 0 Å². The molecule has 0 aliphatic heterocycles. The van der Waals surface area contributed by atoms with E-state index in [4.69, 9.17) is 9.97 Å². The molecule has 0 saturated heterocycles. The third-order valence-corrected chi connectivity index (χ3v) is 13.8. The Morgan fingerprint density at radius 3 is 1.67 bits per heavy atom. The fourth-order valence-corrected chi connectivity index (χ4v) is 10.8. The first kappa shape index (κ1) is 32.6. The Morgan fingerprint density at radius 1 is 0.367 bits per heavy atom. The van der Waals surface area contributed by atoms with Gasteiger partial charge in [-0.05, 0) is 96.1 Å². The minimum absolute atomic E-state index is 0.891. The van der Waals surface area contributed by atoms with Crippen molar-refractivity contribution in [3.63, 3.8) is 0 Å². The molecule has 0 bridgehead atoms. The first-order valence-electron chi connectivity index (χ1n) is 20.1. The van der Waals surface area contributed by atoms with E-state index in [1.54, 1.807) is 0 Å². The molecular formula is C51H31IN8. The maximum Gasteiger partial charge on any atom is 0.220 e. The fraction of sp³-hybridized carbons (Fsp3) is 0.0196. The Labute approximate surface area is 354 Å². The maximum absolute atomic E-state index is 5.36. The zero-order chi connectivity index (χ0) is 39.4. The lowest BCUT2D eigenvalue weighted by molar-refractivity contribution is 1.01. The molecule has 0 radical (unpaired) electrons. The molecule has 14 aromatic rings. The molecule has 6 heterocycles. The van der Waals surface area contributed by atoms with E-state index in [2.05, 4.69) is 225 Å². The predicted molar refractivity (Wildman–Crippen MR) is 254 cm³/mol. The van der Waals surface area contributed by atoms with Crippen molar-refractivity contribution < 1.29 is 0 Å². The van der Waals surface area contributed by atoms with Gasteiger partial charge in [0, 0.05) is 45.5 Å². The van der Waals surface area contributed by atoms with Crippen LogP contribution in [0.25, 0.3) is 122 Å². The van der Waals surface area contributed by atoms with Crippen LogP contribution in [0.1, 0.15) is 0 Å². The third kappa shape index (κ3) is 4.18. The molecule has 0 atom stereocenters. The molecule has 0 unspecified atom stereocenters. The van der Waals surface area contributed by atoms with Gasteiger partial charge in [0.25, 0.3) is 0 Å². The lowest BCUT2D eigenvalue weighted by Crippen LogP contribution is -1.97. The normalized spacial score (nSPS) is 12.5. The van der Waals surface area contributed by atoms with E-state index >= 15 is 0 Å². The number of aryl methyl sites for hydroxylation is 1. The molecule has 14 rings (SSSR count). The van der Waals surface area contributed by atoms with Gasteiger partial charge in [0.2, 0.25) is 11.6 Å². The molecule has 8 aromatic carbocycles. The minimum atomic E-state index is 0.891. The monoisotopic (exact) mass is 882 g/mol. The van der Waals surface area contributed by atoms with Crippen LogP contribution >= 0.6 is 22.9 Å². The summed E-state index contributed by atoms with van der Waals surface area (Å²) < 4.78 is 13.8. The van der Waals surface area contributed by atoms with Crippen molar-refractivity contribution in [2.45, 2.75) is 0 Å². The molecule has 282 valence electrons. The number of fused-ring (bicyclic) bond motifs is 16. The summed E-state index contributed by atoms with van der Waals surface area (Å²) in [6.45, 7) is 0. The van der Waals surface area contributed by atoms with E-state index in [1.165, 1.54) is 43.6 Å². The average Bonchev–Trinajstić information content (AvgIpc) is 4.12. The molecule has 60 heavy (non-hydrogen) atoms. The van der Waals surface area contributed by atoms with Crippen molar-refractivity contribution >= 4 is 122 Å². The third-order valence-electron chi connectivity index (χ3n) is 12.7. The number of rotatable bonds is 3. The van der Waals surface area contributed by atoms with Crippen LogP contribution in [0.4, 0.5) is 0 Å². The Balaban J connectivity index is 0.973. The first-order chi connectivity index (χ1) is 29.6. The molecule has 0 amide bonds. The van der Waals surface area contributed by atoms with Crippen LogP contribution in [0.5, 0.6) is 0 Å². The summed E-state index contributed by atoms with van der Waals surface area (Å²) in [7, 11) is 2.14. The van der Waals surface area contributed by atoms with Crippen LogP contribution in [0, 0.1) is 0 Å². The lowest BCUT2D eigenvalue weighted by Gasteiger charge is -2.11. The van der Waals surface area contributed by atoms with E-state index in [9.17, 15) is 0 Å². The molecule has 0 aliphatic rings. The molecule has 0 aliphatic carbocycles. The van der Waals surface area contributed by atoms with Crippen LogP contribution in [0.15, 0.2) is 170 Å². The summed E-state index contributed by atoms with van der Waals surface area (Å²) in [5.41, 5.74) is 17.8. The van der Waals surface area contributed by atoms with Gasteiger partial charge in [0.05, 0.1) is 83.5 Å². The van der Waals surface area contributed by atoms with Crippen molar-refractivity contribution in [3.05, 3.63) is 170 Å². The highest BCUT2D eigenvalue weighted by Crippen LogP contribution is 2.39. The summed E-state index contributed by atoms with van der Waals surface area (Å²) in [6.07, 6.45) is 0. The van der Waals surface area contributed by atoms with Crippen LogP contribution in [0.2, 0.25) is 0 Å². The van der Waals surface area contributed by atoms with Gasteiger partial charge in [-0.3, -0.25) is 20.7 Å². The fourth-order valence-electron chi connectivity index (χ4n) is 10.0. The van der Waals surface area contributed by atoms with Gasteiger partial charge in [0.15, 0.2) is 0 Å². The summed E-state index contributed by atoms with van der Waals surface area (Å²) in [5.74, 6) is 1.78. The number of hydrogen-bond acceptors (Lipinski definition) is 2. The van der Waals surface area contributed by atoms with Gasteiger partial charge >= 0.3 is 0 Å². The zero-order valence-corrected chi connectivity index (χ0v) is 34.3. The molecule has 9 heteroatoms. The van der Waals surface area contributed by atoms with E-state index in [1.807, 2.05) is 0 Å². The summed E-state index contributed by atoms with van der Waals surface area (Å²) in [6, 6.07) is 61.3. The second kappa shape index (κ2) is 11.6. The second-order valence-corrected chi connectivity index (χ2v) is 16.8. The van der Waals surface area contributed by atoms with Crippen molar-refractivity contribution in [2.75, 3.05) is 0 Å². The van der Waals surface area contributed by atoms with Crippen molar-refractivity contribution in [1.29, 1.82) is 0 Å². The van der Waals surface area contributed by atoms with Gasteiger partial charge in [-0.15, -0.1) is 0 Å². The van der Waals surface area contributed by atoms with Gasteiger partial charge in [-0.1, -0.05) is 84.9 Å². The van der Waals surface area contributed by atoms with Crippen molar-refractivity contribution in [2.24, 2.45) is 7.05 Å². The highest BCUT2D eigenvalue weighted by Gasteiger charge is 2.22. The lowest BCUT2D eigenvalue weighted by atomic mass is 10.0. The van der Waals surface area contributed by atoms with Crippen molar-refractivity contribution in [1.82, 2.24) is 35.3 Å². The topological polar surface area (TPSA) is 54.3 Å². The van der Waals surface area contributed by atoms with Gasteiger partial charge in [-0.25, -0.2) is 9.97 Å². The van der Waals surface area contributed by atoms with E-state index in [0.717, 1.165) is 78.2 Å². The summed E-state index contributed by atoms with van der Waals surface area (Å²) >= 11 is 2.44. The molecule has 0 fully saturated rings. The number of para-hydroxylation sites is 6. The minimum Gasteiger partial charge on any atom is -0.344 e. The predicted octanol–water partition coefficient (Wildman–Crippen LogP) is 12.8. The highest BCUT2D eigenvalue weighted by molar-refractivity contribution is 14.1. The van der Waals surface area contributed by atoms with Gasteiger partial charge < -0.3 is 4.57 Å². The number of aromatic nitrogens is 8. The number of halogens is 1. The van der Waals surface area contributed by atoms with Crippen molar-refractivity contribution in [3.8, 4) is 22.5 Å².